The second kappa shape index (κ2) is 6.78. The lowest BCUT2D eigenvalue weighted by Gasteiger charge is -2.10. The highest BCUT2D eigenvalue weighted by Crippen LogP contribution is 2.22. The maximum atomic E-state index is 12.1. The lowest BCUT2D eigenvalue weighted by molar-refractivity contribution is -0.141. The Hall–Kier alpha value is -2.13. The number of carbonyl (C=O) groups excluding carboxylic acids is 2. The van der Waals surface area contributed by atoms with Gasteiger partial charge in [0.1, 0.15) is 6.33 Å². The zero-order valence-corrected chi connectivity index (χ0v) is 15.3. The van der Waals surface area contributed by atoms with Crippen molar-refractivity contribution in [2.45, 2.75) is 20.3 Å². The van der Waals surface area contributed by atoms with Crippen molar-refractivity contribution in [2.24, 2.45) is 0 Å². The summed E-state index contributed by atoms with van der Waals surface area (Å²) in [5.41, 5.74) is 2.20. The molecule has 0 aliphatic carbocycles. The highest BCUT2D eigenvalue weighted by molar-refractivity contribution is 9.11. The number of aryl methyl sites for hydroxylation is 2. The molecule has 3 heterocycles. The Morgan fingerprint density at radius 1 is 1.33 bits per heavy atom. The normalized spacial score (nSPS) is 11.0. The van der Waals surface area contributed by atoms with E-state index >= 15 is 0 Å². The molecule has 0 aromatic carbocycles. The maximum absolute atomic E-state index is 12.1. The van der Waals surface area contributed by atoms with Crippen molar-refractivity contribution in [1.29, 1.82) is 0 Å². The SMILES string of the molecule is Cc1nc2ncnn2c(C)c1CC(=O)OCC(=O)c1ccc(Br)s1. The van der Waals surface area contributed by atoms with E-state index in [0.29, 0.717) is 16.3 Å². The molecule has 0 saturated heterocycles. The van der Waals surface area contributed by atoms with Crippen molar-refractivity contribution in [3.8, 4) is 0 Å². The Balaban J connectivity index is 1.68. The number of aromatic nitrogens is 4. The fourth-order valence-electron chi connectivity index (χ4n) is 2.29. The Kier molecular flexibility index (Phi) is 4.72. The van der Waals surface area contributed by atoms with Crippen LogP contribution in [0.3, 0.4) is 0 Å². The molecular weight excluding hydrogens is 396 g/mol. The van der Waals surface area contributed by atoms with Crippen molar-refractivity contribution in [2.75, 3.05) is 6.61 Å². The first-order valence-electron chi connectivity index (χ1n) is 7.05. The van der Waals surface area contributed by atoms with E-state index in [-0.39, 0.29) is 18.8 Å². The van der Waals surface area contributed by atoms with Crippen LogP contribution in [0.2, 0.25) is 0 Å². The van der Waals surface area contributed by atoms with Crippen LogP contribution < -0.4 is 0 Å². The molecule has 24 heavy (non-hydrogen) atoms. The summed E-state index contributed by atoms with van der Waals surface area (Å²) in [6.07, 6.45) is 1.44. The molecule has 0 fully saturated rings. The van der Waals surface area contributed by atoms with Crippen LogP contribution in [0.4, 0.5) is 0 Å². The fraction of sp³-hybridized carbons (Fsp3) is 0.267. The summed E-state index contributed by atoms with van der Waals surface area (Å²) in [6.45, 7) is 3.37. The number of fused-ring (bicyclic) bond motifs is 1. The number of nitrogens with zero attached hydrogens (tertiary/aromatic N) is 4. The van der Waals surface area contributed by atoms with Crippen LogP contribution in [-0.4, -0.2) is 37.9 Å². The van der Waals surface area contributed by atoms with Crippen molar-refractivity contribution < 1.29 is 14.3 Å². The van der Waals surface area contributed by atoms with Gasteiger partial charge >= 0.3 is 5.97 Å². The lowest BCUT2D eigenvalue weighted by Crippen LogP contribution is -2.17. The van der Waals surface area contributed by atoms with Gasteiger partial charge in [-0.05, 0) is 41.9 Å². The van der Waals surface area contributed by atoms with Gasteiger partial charge in [-0.2, -0.15) is 10.1 Å². The number of halogens is 1. The highest BCUT2D eigenvalue weighted by Gasteiger charge is 2.17. The van der Waals surface area contributed by atoms with E-state index in [4.69, 9.17) is 4.74 Å². The molecule has 0 radical (unpaired) electrons. The van der Waals surface area contributed by atoms with Gasteiger partial charge in [-0.1, -0.05) is 0 Å². The summed E-state index contributed by atoms with van der Waals surface area (Å²) in [7, 11) is 0. The van der Waals surface area contributed by atoms with Gasteiger partial charge in [0.15, 0.2) is 6.61 Å². The summed E-state index contributed by atoms with van der Waals surface area (Å²) in [4.78, 5) is 32.9. The van der Waals surface area contributed by atoms with Crippen LogP contribution in [-0.2, 0) is 16.0 Å². The first kappa shape index (κ1) is 16.7. The Labute approximate surface area is 149 Å². The van der Waals surface area contributed by atoms with Gasteiger partial charge in [0.2, 0.25) is 5.78 Å². The molecule has 0 aliphatic rings. The molecule has 0 bridgehead atoms. The number of hydrogen-bond donors (Lipinski definition) is 0. The minimum absolute atomic E-state index is 0.0296. The smallest absolute Gasteiger partial charge is 0.310 e. The first-order chi connectivity index (χ1) is 11.5. The van der Waals surface area contributed by atoms with E-state index in [1.54, 1.807) is 23.6 Å². The lowest BCUT2D eigenvalue weighted by atomic mass is 10.1. The largest absolute Gasteiger partial charge is 0.457 e. The molecule has 0 aliphatic heterocycles. The summed E-state index contributed by atoms with van der Waals surface area (Å²) < 4.78 is 7.54. The minimum Gasteiger partial charge on any atom is -0.457 e. The van der Waals surface area contributed by atoms with Crippen molar-refractivity contribution in [1.82, 2.24) is 19.6 Å². The van der Waals surface area contributed by atoms with E-state index in [1.807, 2.05) is 6.92 Å². The monoisotopic (exact) mass is 408 g/mol. The number of carbonyl (C=O) groups is 2. The molecule has 124 valence electrons. The second-order valence-electron chi connectivity index (χ2n) is 5.10. The fourth-order valence-corrected chi connectivity index (χ4v) is 3.60. The average Bonchev–Trinajstić information content (AvgIpc) is 3.18. The molecule has 0 unspecified atom stereocenters. The van der Waals surface area contributed by atoms with Crippen LogP contribution in [0.1, 0.15) is 26.6 Å². The van der Waals surface area contributed by atoms with E-state index < -0.39 is 5.97 Å². The van der Waals surface area contributed by atoms with Crippen LogP contribution in [0, 0.1) is 13.8 Å². The summed E-state index contributed by atoms with van der Waals surface area (Å²) in [5.74, 6) is -0.218. The van der Waals surface area contributed by atoms with Crippen molar-refractivity contribution in [3.05, 3.63) is 44.1 Å². The summed E-state index contributed by atoms with van der Waals surface area (Å²) in [6, 6.07) is 3.48. The highest BCUT2D eigenvalue weighted by atomic mass is 79.9. The van der Waals surface area contributed by atoms with Crippen molar-refractivity contribution in [3.63, 3.8) is 0 Å². The molecule has 0 spiro atoms. The number of ketones is 1. The molecule has 3 aromatic heterocycles. The number of Topliss-reactive ketones (excluding diaryl/α,β-unsaturated/α-hetero) is 1. The van der Waals surface area contributed by atoms with Crippen molar-refractivity contribution >= 4 is 44.8 Å². The van der Waals surface area contributed by atoms with E-state index in [2.05, 4.69) is 31.0 Å². The Morgan fingerprint density at radius 3 is 2.83 bits per heavy atom. The zero-order valence-electron chi connectivity index (χ0n) is 12.9. The molecule has 7 nitrogen and oxygen atoms in total. The topological polar surface area (TPSA) is 86.4 Å². The summed E-state index contributed by atoms with van der Waals surface area (Å²) in [5, 5.41) is 4.08. The standard InChI is InChI=1S/C15H13BrN4O3S/c1-8-10(9(2)20-15(19-8)17-7-18-20)5-14(22)23-6-11(21)12-3-4-13(16)24-12/h3-4,7H,5-6H2,1-2H3. The third kappa shape index (κ3) is 3.36. The third-order valence-electron chi connectivity index (χ3n) is 3.52. The van der Waals surface area contributed by atoms with Crippen LogP contribution in [0.25, 0.3) is 5.78 Å². The minimum atomic E-state index is -0.480. The molecule has 3 rings (SSSR count). The zero-order chi connectivity index (χ0) is 17.3. The third-order valence-corrected chi connectivity index (χ3v) is 5.19. The van der Waals surface area contributed by atoms with Gasteiger partial charge in [0, 0.05) is 17.0 Å². The number of hydrogen-bond acceptors (Lipinski definition) is 7. The molecule has 0 amide bonds. The molecule has 0 N–H and O–H groups in total. The number of ether oxygens (including phenoxy) is 1. The van der Waals surface area contributed by atoms with Gasteiger partial charge in [-0.25, -0.2) is 9.50 Å². The van der Waals surface area contributed by atoms with Crippen LogP contribution in [0.15, 0.2) is 22.2 Å². The predicted octanol–water partition coefficient (Wildman–Crippen LogP) is 2.53. The first-order valence-corrected chi connectivity index (χ1v) is 8.66. The average molecular weight is 409 g/mol. The van der Waals surface area contributed by atoms with E-state index in [1.165, 1.54) is 17.7 Å². The van der Waals surface area contributed by atoms with Gasteiger partial charge < -0.3 is 4.74 Å². The van der Waals surface area contributed by atoms with Gasteiger partial charge in [0.05, 0.1) is 15.1 Å². The second-order valence-corrected chi connectivity index (χ2v) is 7.56. The van der Waals surface area contributed by atoms with Crippen LogP contribution in [0.5, 0.6) is 0 Å². The maximum Gasteiger partial charge on any atom is 0.310 e. The van der Waals surface area contributed by atoms with Gasteiger partial charge in [0.25, 0.3) is 5.78 Å². The van der Waals surface area contributed by atoms with E-state index in [9.17, 15) is 9.59 Å². The number of esters is 1. The molecule has 3 aromatic rings. The number of thiophene rings is 1. The van der Waals surface area contributed by atoms with Gasteiger partial charge in [-0.15, -0.1) is 11.3 Å². The van der Waals surface area contributed by atoms with Crippen LogP contribution >= 0.6 is 27.3 Å². The predicted molar refractivity (Wildman–Crippen MR) is 91.3 cm³/mol. The quantitative estimate of drug-likeness (QED) is 0.476. The number of rotatable bonds is 5. The molecule has 0 saturated carbocycles. The Bertz CT molecular complexity index is 934. The summed E-state index contributed by atoms with van der Waals surface area (Å²) >= 11 is 4.60. The van der Waals surface area contributed by atoms with Gasteiger partial charge in [-0.3, -0.25) is 9.59 Å². The van der Waals surface area contributed by atoms with E-state index in [0.717, 1.165) is 15.0 Å². The molecule has 0 atom stereocenters. The molecule has 9 heteroatoms. The molecular formula is C15H13BrN4O3S. The Morgan fingerprint density at radius 2 is 2.12 bits per heavy atom.